The SMILES string of the molecule is COCCCn1c(=S)[nH]c2cc(C(=O)Nc3ccc(Oc4ccccc4Cl)cc3)ccc2c1=O. The zero-order valence-electron chi connectivity index (χ0n) is 18.3. The Hall–Kier alpha value is -3.46. The molecule has 0 saturated heterocycles. The molecule has 1 aromatic heterocycles. The summed E-state index contributed by atoms with van der Waals surface area (Å²) < 4.78 is 12.6. The number of hydrogen-bond donors (Lipinski definition) is 2. The molecule has 0 aliphatic heterocycles. The van der Waals surface area contributed by atoms with E-state index in [1.165, 1.54) is 4.57 Å². The lowest BCUT2D eigenvalue weighted by atomic mass is 10.1. The standard InChI is InChI=1S/C25H22ClN3O4S/c1-32-14-4-13-29-24(31)19-12-7-16(15-21(19)28-25(29)34)23(30)27-17-8-10-18(11-9-17)33-22-6-3-2-5-20(22)26/h2-3,5-12,15H,4,13-14H2,1H3,(H,27,30)(H,28,34). The van der Waals surface area contributed by atoms with Gasteiger partial charge >= 0.3 is 0 Å². The summed E-state index contributed by atoms with van der Waals surface area (Å²) in [6, 6.07) is 19.0. The molecule has 4 aromatic rings. The van der Waals surface area contributed by atoms with Crippen molar-refractivity contribution in [1.82, 2.24) is 9.55 Å². The van der Waals surface area contributed by atoms with Crippen molar-refractivity contribution in [3.8, 4) is 11.5 Å². The average molecular weight is 496 g/mol. The van der Waals surface area contributed by atoms with Gasteiger partial charge in [0.15, 0.2) is 4.77 Å². The molecule has 9 heteroatoms. The number of aromatic nitrogens is 2. The van der Waals surface area contributed by atoms with E-state index < -0.39 is 0 Å². The van der Waals surface area contributed by atoms with Gasteiger partial charge in [-0.2, -0.15) is 0 Å². The number of hydrogen-bond acceptors (Lipinski definition) is 5. The van der Waals surface area contributed by atoms with Crippen molar-refractivity contribution in [1.29, 1.82) is 0 Å². The quantitative estimate of drug-likeness (QED) is 0.238. The number of ether oxygens (including phenoxy) is 2. The molecule has 0 aliphatic carbocycles. The smallest absolute Gasteiger partial charge is 0.262 e. The van der Waals surface area contributed by atoms with Crippen LogP contribution in [0.25, 0.3) is 10.9 Å². The fourth-order valence-corrected chi connectivity index (χ4v) is 3.89. The van der Waals surface area contributed by atoms with Gasteiger partial charge in [0, 0.05) is 31.5 Å². The van der Waals surface area contributed by atoms with Crippen LogP contribution in [0.2, 0.25) is 5.02 Å². The fraction of sp³-hybridized carbons (Fsp3) is 0.160. The third kappa shape index (κ3) is 5.36. The minimum Gasteiger partial charge on any atom is -0.456 e. The highest BCUT2D eigenvalue weighted by Crippen LogP contribution is 2.29. The zero-order valence-corrected chi connectivity index (χ0v) is 19.9. The molecule has 4 rings (SSSR count). The normalized spacial score (nSPS) is 10.9. The number of rotatable bonds is 8. The lowest BCUT2D eigenvalue weighted by Crippen LogP contribution is -2.23. The molecular weight excluding hydrogens is 474 g/mol. The van der Waals surface area contributed by atoms with Gasteiger partial charge in [-0.25, -0.2) is 0 Å². The number of fused-ring (bicyclic) bond motifs is 1. The summed E-state index contributed by atoms with van der Waals surface area (Å²) in [7, 11) is 1.61. The first-order valence-electron chi connectivity index (χ1n) is 10.6. The van der Waals surface area contributed by atoms with E-state index in [1.807, 2.05) is 12.1 Å². The van der Waals surface area contributed by atoms with E-state index >= 15 is 0 Å². The minimum atomic E-state index is -0.315. The highest BCUT2D eigenvalue weighted by molar-refractivity contribution is 7.71. The largest absolute Gasteiger partial charge is 0.456 e. The lowest BCUT2D eigenvalue weighted by molar-refractivity contribution is 0.102. The molecule has 2 N–H and O–H groups in total. The van der Waals surface area contributed by atoms with Crippen LogP contribution in [0.4, 0.5) is 5.69 Å². The maximum atomic E-state index is 12.8. The van der Waals surface area contributed by atoms with Crippen LogP contribution in [0.5, 0.6) is 11.5 Å². The summed E-state index contributed by atoms with van der Waals surface area (Å²) in [5, 5.41) is 3.82. The second-order valence-corrected chi connectivity index (χ2v) is 8.30. The molecule has 0 bridgehead atoms. The van der Waals surface area contributed by atoms with Crippen LogP contribution in [0, 0.1) is 4.77 Å². The Morgan fingerprint density at radius 3 is 2.62 bits per heavy atom. The van der Waals surface area contributed by atoms with Crippen molar-refractivity contribution in [2.45, 2.75) is 13.0 Å². The molecule has 174 valence electrons. The van der Waals surface area contributed by atoms with E-state index in [1.54, 1.807) is 61.7 Å². The first-order valence-corrected chi connectivity index (χ1v) is 11.3. The summed E-state index contributed by atoms with van der Waals surface area (Å²) >= 11 is 11.5. The first kappa shape index (κ1) is 23.7. The number of nitrogens with zero attached hydrogens (tertiary/aromatic N) is 1. The number of carbonyl (C=O) groups is 1. The lowest BCUT2D eigenvalue weighted by Gasteiger charge is -2.10. The summed E-state index contributed by atoms with van der Waals surface area (Å²) in [5.74, 6) is 0.823. The van der Waals surface area contributed by atoms with E-state index in [9.17, 15) is 9.59 Å². The van der Waals surface area contributed by atoms with Gasteiger partial charge in [-0.1, -0.05) is 23.7 Å². The Kier molecular flexibility index (Phi) is 7.42. The van der Waals surface area contributed by atoms with Crippen LogP contribution in [0.1, 0.15) is 16.8 Å². The Morgan fingerprint density at radius 1 is 1.12 bits per heavy atom. The highest BCUT2D eigenvalue weighted by Gasteiger charge is 2.11. The summed E-state index contributed by atoms with van der Waals surface area (Å²) in [5.41, 5.74) is 1.30. The third-order valence-corrected chi connectivity index (χ3v) is 5.79. The van der Waals surface area contributed by atoms with E-state index in [0.717, 1.165) is 0 Å². The number of halogens is 1. The molecular formula is C25H22ClN3O4S. The molecule has 0 fully saturated rings. The van der Waals surface area contributed by atoms with Gasteiger partial charge < -0.3 is 19.8 Å². The molecule has 0 radical (unpaired) electrons. The maximum absolute atomic E-state index is 12.8. The molecule has 0 spiro atoms. The third-order valence-electron chi connectivity index (χ3n) is 5.15. The van der Waals surface area contributed by atoms with E-state index in [4.69, 9.17) is 33.3 Å². The van der Waals surface area contributed by atoms with Crippen LogP contribution >= 0.6 is 23.8 Å². The van der Waals surface area contributed by atoms with Gasteiger partial charge in [-0.15, -0.1) is 0 Å². The number of carbonyl (C=O) groups excluding carboxylic acids is 1. The second kappa shape index (κ2) is 10.6. The van der Waals surface area contributed by atoms with Crippen molar-refractivity contribution in [3.63, 3.8) is 0 Å². The number of anilines is 1. The molecule has 1 heterocycles. The molecule has 0 unspecified atom stereocenters. The molecule has 1 amide bonds. The van der Waals surface area contributed by atoms with Crippen LogP contribution in [0.3, 0.4) is 0 Å². The maximum Gasteiger partial charge on any atom is 0.262 e. The van der Waals surface area contributed by atoms with Crippen molar-refractivity contribution < 1.29 is 14.3 Å². The number of aromatic amines is 1. The van der Waals surface area contributed by atoms with Crippen LogP contribution < -0.4 is 15.6 Å². The number of para-hydroxylation sites is 1. The van der Waals surface area contributed by atoms with E-state index in [2.05, 4.69) is 10.3 Å². The molecule has 0 atom stereocenters. The number of H-pyrrole nitrogens is 1. The minimum absolute atomic E-state index is 0.198. The van der Waals surface area contributed by atoms with Gasteiger partial charge in [0.05, 0.1) is 15.9 Å². The fourth-order valence-electron chi connectivity index (χ4n) is 3.43. The number of benzene rings is 3. The molecule has 0 aliphatic rings. The molecule has 3 aromatic carbocycles. The number of nitrogens with one attached hydrogen (secondary N) is 2. The summed E-state index contributed by atoms with van der Waals surface area (Å²) in [6.07, 6.45) is 0.669. The Morgan fingerprint density at radius 2 is 1.88 bits per heavy atom. The van der Waals surface area contributed by atoms with Gasteiger partial charge in [-0.05, 0) is 73.2 Å². The number of amides is 1. The Labute approximate surface area is 205 Å². The molecule has 34 heavy (non-hydrogen) atoms. The summed E-state index contributed by atoms with van der Waals surface area (Å²) in [4.78, 5) is 28.7. The Bertz CT molecular complexity index is 1450. The van der Waals surface area contributed by atoms with Gasteiger partial charge in [0.1, 0.15) is 11.5 Å². The van der Waals surface area contributed by atoms with Crippen molar-refractivity contribution in [2.75, 3.05) is 19.0 Å². The predicted octanol–water partition coefficient (Wildman–Crippen LogP) is 5.79. The number of methoxy groups -OCH3 is 1. The van der Waals surface area contributed by atoms with Crippen molar-refractivity contribution in [2.24, 2.45) is 0 Å². The van der Waals surface area contributed by atoms with Gasteiger partial charge in [0.25, 0.3) is 11.5 Å². The molecule has 0 saturated carbocycles. The van der Waals surface area contributed by atoms with Crippen LogP contribution in [-0.2, 0) is 11.3 Å². The highest BCUT2D eigenvalue weighted by atomic mass is 35.5. The topological polar surface area (TPSA) is 85.3 Å². The van der Waals surface area contributed by atoms with Crippen molar-refractivity contribution >= 4 is 46.3 Å². The van der Waals surface area contributed by atoms with Crippen LogP contribution in [-0.4, -0.2) is 29.2 Å². The van der Waals surface area contributed by atoms with Crippen LogP contribution in [0.15, 0.2) is 71.5 Å². The second-order valence-electron chi connectivity index (χ2n) is 7.50. The predicted molar refractivity (Wildman–Crippen MR) is 136 cm³/mol. The zero-order chi connectivity index (χ0) is 24.1. The van der Waals surface area contributed by atoms with Gasteiger partial charge in [-0.3, -0.25) is 14.2 Å². The van der Waals surface area contributed by atoms with E-state index in [-0.39, 0.29) is 11.5 Å². The monoisotopic (exact) mass is 495 g/mol. The first-order chi connectivity index (χ1) is 16.5. The summed E-state index contributed by atoms with van der Waals surface area (Å²) in [6.45, 7) is 0.988. The van der Waals surface area contributed by atoms with Gasteiger partial charge in [0.2, 0.25) is 0 Å². The van der Waals surface area contributed by atoms with Crippen molar-refractivity contribution in [3.05, 3.63) is 92.4 Å². The molecule has 7 nitrogen and oxygen atoms in total. The Balaban J connectivity index is 1.49. The average Bonchev–Trinajstić information content (AvgIpc) is 2.83. The van der Waals surface area contributed by atoms with E-state index in [0.29, 0.717) is 63.0 Å².